The number of imide groups is 1. The Hall–Kier alpha value is -3.24. The van der Waals surface area contributed by atoms with Crippen LogP contribution in [0, 0.1) is 11.3 Å². The Bertz CT molecular complexity index is 906. The van der Waals surface area contributed by atoms with Crippen LogP contribution in [-0.4, -0.2) is 35.8 Å². The second-order valence-corrected chi connectivity index (χ2v) is 6.47. The Kier molecular flexibility index (Phi) is 6.13. The van der Waals surface area contributed by atoms with Crippen LogP contribution in [0.15, 0.2) is 59.5 Å². The van der Waals surface area contributed by atoms with Crippen molar-refractivity contribution in [3.8, 4) is 17.6 Å². The molecule has 27 heavy (non-hydrogen) atoms. The molecule has 0 bridgehead atoms. The Morgan fingerprint density at radius 3 is 2.56 bits per heavy atom. The van der Waals surface area contributed by atoms with E-state index < -0.39 is 0 Å². The molecule has 0 aliphatic carbocycles. The largest absolute Gasteiger partial charge is 0.492 e. The van der Waals surface area contributed by atoms with Crippen molar-refractivity contribution in [1.29, 1.82) is 5.26 Å². The number of carbonyl (C=O) groups excluding carboxylic acids is 2. The Morgan fingerprint density at radius 1 is 1.04 bits per heavy atom. The quantitative estimate of drug-likeness (QED) is 0.682. The zero-order chi connectivity index (χ0) is 19.1. The fourth-order valence-electron chi connectivity index (χ4n) is 2.45. The maximum atomic E-state index is 12.6. The summed E-state index contributed by atoms with van der Waals surface area (Å²) in [6.45, 7) is 0.295. The average molecular weight is 380 g/mol. The highest BCUT2D eigenvalue weighted by atomic mass is 32.2. The van der Waals surface area contributed by atoms with E-state index in [1.807, 2.05) is 36.4 Å². The topological polar surface area (TPSA) is 79.6 Å². The second-order valence-electron chi connectivity index (χ2n) is 5.48. The van der Waals surface area contributed by atoms with E-state index in [0.717, 1.165) is 16.7 Å². The van der Waals surface area contributed by atoms with E-state index in [4.69, 9.17) is 14.7 Å². The molecule has 0 saturated carbocycles. The molecule has 0 radical (unpaired) electrons. The fraction of sp³-hybridized carbons (Fsp3) is 0.150. The highest BCUT2D eigenvalue weighted by Crippen LogP contribution is 2.33. The van der Waals surface area contributed by atoms with Crippen LogP contribution in [0.1, 0.15) is 5.56 Å². The zero-order valence-corrected chi connectivity index (χ0v) is 15.1. The molecule has 1 saturated heterocycles. The van der Waals surface area contributed by atoms with Crippen LogP contribution in [0.2, 0.25) is 0 Å². The first-order chi connectivity index (χ1) is 13.2. The monoisotopic (exact) mass is 380 g/mol. The number of rotatable bonds is 7. The molecule has 0 N–H and O–H groups in total. The molecule has 136 valence electrons. The van der Waals surface area contributed by atoms with Gasteiger partial charge in [-0.25, -0.2) is 0 Å². The van der Waals surface area contributed by atoms with Gasteiger partial charge < -0.3 is 9.47 Å². The Labute approximate surface area is 161 Å². The van der Waals surface area contributed by atoms with Gasteiger partial charge in [-0.3, -0.25) is 14.5 Å². The molecular formula is C20H16N2O4S. The van der Waals surface area contributed by atoms with Crippen LogP contribution in [0.25, 0.3) is 6.08 Å². The van der Waals surface area contributed by atoms with E-state index >= 15 is 0 Å². The molecule has 7 heteroatoms. The summed E-state index contributed by atoms with van der Waals surface area (Å²) >= 11 is 0.878. The first kappa shape index (κ1) is 18.5. The lowest BCUT2D eigenvalue weighted by Crippen LogP contribution is -2.32. The number of nitriles is 1. The summed E-state index contributed by atoms with van der Waals surface area (Å²) < 4.78 is 10.9. The molecule has 1 fully saturated rings. The maximum Gasteiger partial charge on any atom is 0.293 e. The van der Waals surface area contributed by atoms with Gasteiger partial charge in [-0.05, 0) is 36.0 Å². The SMILES string of the molecule is N#CCOc1ccccc1/C=C1\SC(=O)N(CCOc2ccccc2)C1=O. The molecule has 2 aromatic rings. The number of benzene rings is 2. The minimum absolute atomic E-state index is 0.0941. The van der Waals surface area contributed by atoms with Crippen molar-refractivity contribution in [2.45, 2.75) is 0 Å². The third-order valence-electron chi connectivity index (χ3n) is 3.70. The third kappa shape index (κ3) is 4.68. The van der Waals surface area contributed by atoms with Gasteiger partial charge in [-0.15, -0.1) is 0 Å². The smallest absolute Gasteiger partial charge is 0.293 e. The van der Waals surface area contributed by atoms with Crippen LogP contribution >= 0.6 is 11.8 Å². The fourth-order valence-corrected chi connectivity index (χ4v) is 3.30. The van der Waals surface area contributed by atoms with Crippen molar-refractivity contribution in [1.82, 2.24) is 4.90 Å². The molecule has 0 aromatic heterocycles. The lowest BCUT2D eigenvalue weighted by Gasteiger charge is -2.13. The predicted octanol–water partition coefficient (Wildman–Crippen LogP) is 3.70. The number of para-hydroxylation sites is 2. The minimum atomic E-state index is -0.364. The number of nitrogens with zero attached hydrogens (tertiary/aromatic N) is 2. The minimum Gasteiger partial charge on any atom is -0.492 e. The van der Waals surface area contributed by atoms with E-state index in [0.29, 0.717) is 22.0 Å². The van der Waals surface area contributed by atoms with Crippen molar-refractivity contribution < 1.29 is 19.1 Å². The number of ether oxygens (including phenoxy) is 2. The number of amides is 2. The second kappa shape index (κ2) is 8.92. The summed E-state index contributed by atoms with van der Waals surface area (Å²) in [6, 6.07) is 18.2. The van der Waals surface area contributed by atoms with Gasteiger partial charge in [0.2, 0.25) is 0 Å². The standard InChI is InChI=1S/C20H16N2O4S/c21-10-12-26-17-9-5-4-6-15(17)14-18-19(23)22(20(24)27-18)11-13-25-16-7-2-1-3-8-16/h1-9,14H,11-13H2/b18-14-. The van der Waals surface area contributed by atoms with Gasteiger partial charge in [0.25, 0.3) is 11.1 Å². The van der Waals surface area contributed by atoms with Gasteiger partial charge in [-0.2, -0.15) is 5.26 Å². The van der Waals surface area contributed by atoms with E-state index in [2.05, 4.69) is 0 Å². The highest BCUT2D eigenvalue weighted by molar-refractivity contribution is 8.18. The molecule has 6 nitrogen and oxygen atoms in total. The molecule has 2 amide bonds. The van der Waals surface area contributed by atoms with Gasteiger partial charge in [0.1, 0.15) is 24.2 Å². The number of hydrogen-bond donors (Lipinski definition) is 0. The zero-order valence-electron chi connectivity index (χ0n) is 14.3. The van der Waals surface area contributed by atoms with Crippen molar-refractivity contribution >= 4 is 29.0 Å². The lowest BCUT2D eigenvalue weighted by atomic mass is 10.2. The average Bonchev–Trinajstić information content (AvgIpc) is 2.95. The van der Waals surface area contributed by atoms with E-state index in [9.17, 15) is 9.59 Å². The summed E-state index contributed by atoms with van der Waals surface area (Å²) in [4.78, 5) is 26.2. The van der Waals surface area contributed by atoms with Crippen LogP contribution in [0.5, 0.6) is 11.5 Å². The summed E-state index contributed by atoms with van der Waals surface area (Å²) in [5, 5.41) is 8.33. The van der Waals surface area contributed by atoms with E-state index in [-0.39, 0.29) is 30.9 Å². The lowest BCUT2D eigenvalue weighted by molar-refractivity contribution is -0.123. The molecule has 3 rings (SSSR count). The van der Waals surface area contributed by atoms with Crippen LogP contribution in [-0.2, 0) is 4.79 Å². The third-order valence-corrected chi connectivity index (χ3v) is 4.61. The number of thioether (sulfide) groups is 1. The van der Waals surface area contributed by atoms with Gasteiger partial charge in [-0.1, -0.05) is 36.4 Å². The van der Waals surface area contributed by atoms with Crippen LogP contribution in [0.4, 0.5) is 4.79 Å². The van der Waals surface area contributed by atoms with Crippen molar-refractivity contribution in [3.05, 3.63) is 65.1 Å². The Balaban J connectivity index is 1.67. The van der Waals surface area contributed by atoms with Gasteiger partial charge in [0, 0.05) is 5.56 Å². The summed E-state index contributed by atoms with van der Waals surface area (Å²) in [5.41, 5.74) is 0.638. The molecule has 1 heterocycles. The molecular weight excluding hydrogens is 364 g/mol. The molecule has 1 aliphatic heterocycles. The first-order valence-electron chi connectivity index (χ1n) is 8.21. The Morgan fingerprint density at radius 2 is 1.78 bits per heavy atom. The number of hydrogen-bond acceptors (Lipinski definition) is 6. The van der Waals surface area contributed by atoms with Gasteiger partial charge in [0.05, 0.1) is 11.4 Å². The highest BCUT2D eigenvalue weighted by Gasteiger charge is 2.34. The first-order valence-corrected chi connectivity index (χ1v) is 9.02. The van der Waals surface area contributed by atoms with E-state index in [1.165, 1.54) is 0 Å². The van der Waals surface area contributed by atoms with Crippen molar-refractivity contribution in [3.63, 3.8) is 0 Å². The summed E-state index contributed by atoms with van der Waals surface area (Å²) in [6.07, 6.45) is 1.61. The summed E-state index contributed by atoms with van der Waals surface area (Å²) in [7, 11) is 0. The molecule has 0 spiro atoms. The van der Waals surface area contributed by atoms with Crippen molar-refractivity contribution in [2.24, 2.45) is 0 Å². The van der Waals surface area contributed by atoms with Gasteiger partial charge in [0.15, 0.2) is 6.61 Å². The molecule has 0 unspecified atom stereocenters. The van der Waals surface area contributed by atoms with E-state index in [1.54, 1.807) is 30.3 Å². The molecule has 2 aromatic carbocycles. The van der Waals surface area contributed by atoms with Crippen molar-refractivity contribution in [2.75, 3.05) is 19.8 Å². The normalized spacial score (nSPS) is 15.1. The molecule has 1 aliphatic rings. The summed E-state index contributed by atoms with van der Waals surface area (Å²) in [5.74, 6) is 0.804. The predicted molar refractivity (Wildman–Crippen MR) is 102 cm³/mol. The van der Waals surface area contributed by atoms with Gasteiger partial charge >= 0.3 is 0 Å². The van der Waals surface area contributed by atoms with Crippen LogP contribution < -0.4 is 9.47 Å². The molecule has 0 atom stereocenters. The maximum absolute atomic E-state index is 12.6. The van der Waals surface area contributed by atoms with Crippen LogP contribution in [0.3, 0.4) is 0 Å². The number of carbonyl (C=O) groups is 2.